The minimum Gasteiger partial charge on any atom is -0.338 e. The predicted molar refractivity (Wildman–Crippen MR) is 57.9 cm³/mol. The van der Waals surface area contributed by atoms with E-state index in [4.69, 9.17) is 0 Å². The second-order valence-corrected chi connectivity index (χ2v) is 3.92. The van der Waals surface area contributed by atoms with Crippen LogP contribution in [0.25, 0.3) is 0 Å². The van der Waals surface area contributed by atoms with Crippen LogP contribution in [0.2, 0.25) is 0 Å². The fraction of sp³-hybridized carbons (Fsp3) is 0.727. The maximum Gasteiger partial charge on any atom is 0.318 e. The van der Waals surface area contributed by atoms with Crippen molar-refractivity contribution in [1.29, 1.82) is 0 Å². The lowest BCUT2D eigenvalue weighted by Gasteiger charge is -2.04. The van der Waals surface area contributed by atoms with Gasteiger partial charge in [0.15, 0.2) is 0 Å². The SMILES string of the molecule is CCCCNC(=O)N/C=C(\C)C1CC1. The summed E-state index contributed by atoms with van der Waals surface area (Å²) in [5.74, 6) is 0.728. The number of carbonyl (C=O) groups is 1. The van der Waals surface area contributed by atoms with E-state index in [0.29, 0.717) is 0 Å². The molecule has 0 radical (unpaired) electrons. The van der Waals surface area contributed by atoms with Gasteiger partial charge in [-0.25, -0.2) is 4.79 Å². The Morgan fingerprint density at radius 3 is 2.79 bits per heavy atom. The average Bonchev–Trinajstić information content (AvgIpc) is 2.98. The Hall–Kier alpha value is -0.990. The van der Waals surface area contributed by atoms with E-state index in [1.165, 1.54) is 18.4 Å². The van der Waals surface area contributed by atoms with Crippen molar-refractivity contribution in [3.63, 3.8) is 0 Å². The lowest BCUT2D eigenvalue weighted by Crippen LogP contribution is -2.33. The maximum atomic E-state index is 11.2. The molecule has 2 amide bonds. The summed E-state index contributed by atoms with van der Waals surface area (Å²) in [4.78, 5) is 11.2. The van der Waals surface area contributed by atoms with Crippen molar-refractivity contribution in [2.24, 2.45) is 5.92 Å². The monoisotopic (exact) mass is 196 g/mol. The number of unbranched alkanes of at least 4 members (excludes halogenated alkanes) is 1. The third kappa shape index (κ3) is 4.30. The summed E-state index contributed by atoms with van der Waals surface area (Å²) in [6, 6.07) is -0.0848. The minimum atomic E-state index is -0.0848. The average molecular weight is 196 g/mol. The Balaban J connectivity index is 2.10. The summed E-state index contributed by atoms with van der Waals surface area (Å²) in [7, 11) is 0. The number of urea groups is 1. The molecule has 80 valence electrons. The minimum absolute atomic E-state index is 0.0848. The van der Waals surface area contributed by atoms with E-state index >= 15 is 0 Å². The molecule has 0 aromatic carbocycles. The number of allylic oxidation sites excluding steroid dienone is 1. The number of carbonyl (C=O) groups excluding carboxylic acids is 1. The van der Waals surface area contributed by atoms with Crippen LogP contribution in [-0.2, 0) is 0 Å². The van der Waals surface area contributed by atoms with Crippen LogP contribution >= 0.6 is 0 Å². The molecule has 1 aliphatic carbocycles. The molecule has 1 aliphatic rings. The fourth-order valence-corrected chi connectivity index (χ4v) is 1.27. The number of hydrogen-bond donors (Lipinski definition) is 2. The van der Waals surface area contributed by atoms with Crippen molar-refractivity contribution in [2.75, 3.05) is 6.54 Å². The van der Waals surface area contributed by atoms with E-state index in [0.717, 1.165) is 25.3 Å². The van der Waals surface area contributed by atoms with E-state index in [1.807, 2.05) is 6.20 Å². The molecule has 0 unspecified atom stereocenters. The van der Waals surface area contributed by atoms with Crippen molar-refractivity contribution < 1.29 is 4.79 Å². The second kappa shape index (κ2) is 5.68. The van der Waals surface area contributed by atoms with E-state index < -0.39 is 0 Å². The van der Waals surface area contributed by atoms with Crippen LogP contribution in [0, 0.1) is 5.92 Å². The van der Waals surface area contributed by atoms with E-state index in [1.54, 1.807) is 0 Å². The lowest BCUT2D eigenvalue weighted by molar-refractivity contribution is 0.244. The summed E-state index contributed by atoms with van der Waals surface area (Å²) in [5.41, 5.74) is 1.29. The Labute approximate surface area is 86.0 Å². The highest BCUT2D eigenvalue weighted by Crippen LogP contribution is 2.35. The quantitative estimate of drug-likeness (QED) is 0.651. The second-order valence-electron chi connectivity index (χ2n) is 3.92. The normalized spacial score (nSPS) is 16.6. The van der Waals surface area contributed by atoms with Crippen molar-refractivity contribution in [3.8, 4) is 0 Å². The van der Waals surface area contributed by atoms with Crippen LogP contribution in [0.3, 0.4) is 0 Å². The first kappa shape index (κ1) is 11.1. The van der Waals surface area contributed by atoms with Gasteiger partial charge in [-0.05, 0) is 32.1 Å². The van der Waals surface area contributed by atoms with Gasteiger partial charge in [-0.1, -0.05) is 18.9 Å². The molecule has 14 heavy (non-hydrogen) atoms. The molecule has 0 bridgehead atoms. The zero-order valence-corrected chi connectivity index (χ0v) is 9.10. The van der Waals surface area contributed by atoms with Crippen LogP contribution < -0.4 is 10.6 Å². The molecule has 1 saturated carbocycles. The molecule has 3 nitrogen and oxygen atoms in total. The van der Waals surface area contributed by atoms with Gasteiger partial charge in [0.2, 0.25) is 0 Å². The Morgan fingerprint density at radius 2 is 2.21 bits per heavy atom. The Morgan fingerprint density at radius 1 is 1.50 bits per heavy atom. The predicted octanol–water partition coefficient (Wildman–Crippen LogP) is 2.40. The highest BCUT2D eigenvalue weighted by atomic mass is 16.2. The van der Waals surface area contributed by atoms with Crippen molar-refractivity contribution in [3.05, 3.63) is 11.8 Å². The zero-order valence-electron chi connectivity index (χ0n) is 9.10. The number of amides is 2. The highest BCUT2D eigenvalue weighted by Gasteiger charge is 2.22. The van der Waals surface area contributed by atoms with Gasteiger partial charge in [0.05, 0.1) is 0 Å². The molecule has 0 aromatic heterocycles. The first-order chi connectivity index (χ1) is 6.74. The van der Waals surface area contributed by atoms with Crippen LogP contribution in [-0.4, -0.2) is 12.6 Å². The summed E-state index contributed by atoms with van der Waals surface area (Å²) >= 11 is 0. The van der Waals surface area contributed by atoms with Crippen LogP contribution in [0.15, 0.2) is 11.8 Å². The van der Waals surface area contributed by atoms with Crippen LogP contribution in [0.1, 0.15) is 39.5 Å². The summed E-state index contributed by atoms with van der Waals surface area (Å²) < 4.78 is 0. The van der Waals surface area contributed by atoms with Crippen molar-refractivity contribution in [2.45, 2.75) is 39.5 Å². The van der Waals surface area contributed by atoms with Gasteiger partial charge in [-0.15, -0.1) is 0 Å². The zero-order chi connectivity index (χ0) is 10.4. The first-order valence-electron chi connectivity index (χ1n) is 5.45. The van der Waals surface area contributed by atoms with Gasteiger partial charge in [0, 0.05) is 12.7 Å². The molecule has 0 aliphatic heterocycles. The molecule has 0 heterocycles. The molecule has 3 heteroatoms. The van der Waals surface area contributed by atoms with Crippen LogP contribution in [0.5, 0.6) is 0 Å². The van der Waals surface area contributed by atoms with E-state index in [2.05, 4.69) is 24.5 Å². The van der Waals surface area contributed by atoms with E-state index in [-0.39, 0.29) is 6.03 Å². The largest absolute Gasteiger partial charge is 0.338 e. The van der Waals surface area contributed by atoms with Gasteiger partial charge in [-0.2, -0.15) is 0 Å². The smallest absolute Gasteiger partial charge is 0.318 e. The first-order valence-corrected chi connectivity index (χ1v) is 5.45. The number of hydrogen-bond acceptors (Lipinski definition) is 1. The van der Waals surface area contributed by atoms with E-state index in [9.17, 15) is 4.79 Å². The lowest BCUT2D eigenvalue weighted by atomic mass is 10.2. The van der Waals surface area contributed by atoms with Crippen molar-refractivity contribution >= 4 is 6.03 Å². The van der Waals surface area contributed by atoms with Gasteiger partial charge >= 0.3 is 6.03 Å². The summed E-state index contributed by atoms with van der Waals surface area (Å²) in [5, 5.41) is 5.55. The van der Waals surface area contributed by atoms with Gasteiger partial charge in [0.25, 0.3) is 0 Å². The molecule has 1 rings (SSSR count). The summed E-state index contributed by atoms with van der Waals surface area (Å²) in [6.45, 7) is 4.94. The standard InChI is InChI=1S/C11H20N2O/c1-3-4-7-12-11(14)13-8-9(2)10-5-6-10/h8,10H,3-7H2,1-2H3,(H2,12,13,14)/b9-8+. The molecule has 2 N–H and O–H groups in total. The molecular weight excluding hydrogens is 176 g/mol. The van der Waals surface area contributed by atoms with Crippen molar-refractivity contribution in [1.82, 2.24) is 10.6 Å². The van der Waals surface area contributed by atoms with Gasteiger partial charge in [-0.3, -0.25) is 0 Å². The van der Waals surface area contributed by atoms with Gasteiger partial charge < -0.3 is 10.6 Å². The highest BCUT2D eigenvalue weighted by molar-refractivity contribution is 5.74. The molecule has 0 aromatic rings. The van der Waals surface area contributed by atoms with Gasteiger partial charge in [0.1, 0.15) is 0 Å². The third-order valence-electron chi connectivity index (χ3n) is 2.47. The number of nitrogens with one attached hydrogen (secondary N) is 2. The van der Waals surface area contributed by atoms with Crippen LogP contribution in [0.4, 0.5) is 4.79 Å². The molecular formula is C11H20N2O. The molecule has 0 spiro atoms. The topological polar surface area (TPSA) is 41.1 Å². The number of rotatable bonds is 5. The molecule has 0 atom stereocenters. The fourth-order valence-electron chi connectivity index (χ4n) is 1.27. The maximum absolute atomic E-state index is 11.2. The summed E-state index contributed by atoms with van der Waals surface area (Å²) in [6.07, 6.45) is 6.54. The third-order valence-corrected chi connectivity index (χ3v) is 2.47. The molecule has 1 fully saturated rings. The molecule has 0 saturated heterocycles. The Bertz CT molecular complexity index is 219. The Kier molecular flexibility index (Phi) is 4.50.